The fourth-order valence-corrected chi connectivity index (χ4v) is 6.14. The second-order valence-corrected chi connectivity index (χ2v) is 13.4. The Hall–Kier alpha value is -2.73. The van der Waals surface area contributed by atoms with E-state index in [-0.39, 0.29) is 16.4 Å². The van der Waals surface area contributed by atoms with Gasteiger partial charge in [0.2, 0.25) is 0 Å². The molecule has 0 saturated heterocycles. The summed E-state index contributed by atoms with van der Waals surface area (Å²) in [5.41, 5.74) is 5.81. The number of hydrogen-bond acceptors (Lipinski definition) is 6. The van der Waals surface area contributed by atoms with Crippen LogP contribution in [0, 0.1) is 13.8 Å². The summed E-state index contributed by atoms with van der Waals surface area (Å²) in [5, 5.41) is 10.5. The Kier molecular flexibility index (Phi) is 9.01. The fourth-order valence-electron chi connectivity index (χ4n) is 4.04. The lowest BCUT2D eigenvalue weighted by molar-refractivity contribution is -0.111. The van der Waals surface area contributed by atoms with Crippen LogP contribution in [0.1, 0.15) is 56.9 Å². The minimum Gasteiger partial charge on any atom is -0.506 e. The third-order valence-electron chi connectivity index (χ3n) is 6.14. The molecule has 0 unspecified atom stereocenters. The summed E-state index contributed by atoms with van der Waals surface area (Å²) < 4.78 is 33.0. The lowest BCUT2D eigenvalue weighted by Gasteiger charge is -2.24. The van der Waals surface area contributed by atoms with E-state index < -0.39 is 21.7 Å². The van der Waals surface area contributed by atoms with E-state index in [4.69, 9.17) is 4.74 Å². The highest BCUT2D eigenvalue weighted by Gasteiger charge is 2.29. The molecule has 0 aliphatic heterocycles. The molecule has 0 radical (unpaired) electrons. The number of hydrogen-bond donors (Lipinski definition) is 3. The highest BCUT2D eigenvalue weighted by molar-refractivity contribution is 9.12. The van der Waals surface area contributed by atoms with Crippen LogP contribution in [0.15, 0.2) is 67.0 Å². The van der Waals surface area contributed by atoms with Gasteiger partial charge in [-0.1, -0.05) is 18.2 Å². The van der Waals surface area contributed by atoms with Crippen molar-refractivity contribution in [3.63, 3.8) is 0 Å². The number of ketones is 1. The van der Waals surface area contributed by atoms with Crippen LogP contribution in [-0.4, -0.2) is 31.0 Å². The number of Topliss-reactive ketones (excluding diaryl/α,β-unsaturated/α-hetero) is 1. The van der Waals surface area contributed by atoms with Crippen LogP contribution in [0.5, 0.6) is 5.75 Å². The van der Waals surface area contributed by atoms with Crippen LogP contribution in [0.2, 0.25) is 0 Å². The first kappa shape index (κ1) is 30.8. The molecule has 11 heteroatoms. The smallest absolute Gasteiger partial charge is 0.423 e. The molecule has 0 fully saturated rings. The molecule has 1 aliphatic rings. The van der Waals surface area contributed by atoms with Crippen molar-refractivity contribution < 1.29 is 27.9 Å². The zero-order valence-corrected chi connectivity index (χ0v) is 26.6. The summed E-state index contributed by atoms with van der Waals surface area (Å²) in [6.07, 6.45) is 0.716. The van der Waals surface area contributed by atoms with Crippen LogP contribution in [0.4, 0.5) is 4.79 Å². The maximum Gasteiger partial charge on any atom is 0.423 e. The van der Waals surface area contributed by atoms with Gasteiger partial charge < -0.3 is 9.84 Å². The number of sulfonamides is 1. The number of rotatable bonds is 5. The third-order valence-corrected chi connectivity index (χ3v) is 9.01. The molecule has 3 rings (SSSR count). The number of phenolic OH excluding ortho intramolecular Hbond substituents is 1. The summed E-state index contributed by atoms with van der Waals surface area (Å²) in [5.74, 6) is -0.0942. The molecule has 2 aromatic carbocycles. The number of allylic oxidation sites excluding steroid dienone is 5. The molecule has 8 nitrogen and oxygen atoms in total. The van der Waals surface area contributed by atoms with Crippen molar-refractivity contribution in [3.05, 3.63) is 84.3 Å². The Balaban J connectivity index is 2.34. The molecule has 0 bridgehead atoms. The molecular weight excluding hydrogens is 652 g/mol. The van der Waals surface area contributed by atoms with Gasteiger partial charge in [-0.3, -0.25) is 4.79 Å². The SMILES string of the molecule is CC1=C(C)/C(=C(\c2ccccc2S(=O)(=O)NNC(=O)OC(C)(C)C)c2cc(C)c(O)c(Br)c2C)C=C(Br)C1=O. The first-order valence-electron chi connectivity index (χ1n) is 11.9. The Labute approximate surface area is 245 Å². The number of benzene rings is 2. The predicted octanol–water partition coefficient (Wildman–Crippen LogP) is 6.49. The normalized spacial score (nSPS) is 15.7. The van der Waals surface area contributed by atoms with E-state index in [1.807, 2.05) is 0 Å². The van der Waals surface area contributed by atoms with E-state index >= 15 is 0 Å². The van der Waals surface area contributed by atoms with Gasteiger partial charge in [-0.2, -0.15) is 0 Å². The van der Waals surface area contributed by atoms with Crippen LogP contribution in [0.25, 0.3) is 5.57 Å². The number of hydrazine groups is 1. The standard InChI is InChI=1S/C28H30Br2N2O6S/c1-14-12-19(17(4)24(30)25(14)33)23(20-13-21(29)26(34)16(3)15(20)2)18-10-8-9-11-22(18)39(36,37)32-31-27(35)38-28(5,6)7/h8-13,32-33H,1-7H3,(H,31,35)/b23-20+. The second-order valence-electron chi connectivity index (χ2n) is 10.1. The van der Waals surface area contributed by atoms with E-state index in [1.165, 1.54) is 6.07 Å². The van der Waals surface area contributed by atoms with Crippen molar-refractivity contribution in [1.29, 1.82) is 0 Å². The Bertz CT molecular complexity index is 1580. The first-order valence-corrected chi connectivity index (χ1v) is 15.0. The van der Waals surface area contributed by atoms with E-state index in [0.717, 1.165) is 0 Å². The summed E-state index contributed by atoms with van der Waals surface area (Å²) in [4.78, 5) is 26.8. The minimum absolute atomic E-state index is 0.0729. The van der Waals surface area contributed by atoms with Gasteiger partial charge in [0.1, 0.15) is 11.4 Å². The van der Waals surface area contributed by atoms with Crippen LogP contribution < -0.4 is 10.3 Å². The van der Waals surface area contributed by atoms with Crippen LogP contribution in [0.3, 0.4) is 0 Å². The Morgan fingerprint density at radius 2 is 1.62 bits per heavy atom. The number of ether oxygens (including phenoxy) is 1. The number of nitrogens with one attached hydrogen (secondary N) is 2. The Morgan fingerprint density at radius 3 is 2.23 bits per heavy atom. The van der Waals surface area contributed by atoms with Gasteiger partial charge in [0.05, 0.1) is 13.9 Å². The number of amides is 1. The monoisotopic (exact) mass is 680 g/mol. The molecule has 0 heterocycles. The van der Waals surface area contributed by atoms with E-state index in [9.17, 15) is 23.1 Å². The molecule has 39 heavy (non-hydrogen) atoms. The van der Waals surface area contributed by atoms with Crippen LogP contribution in [-0.2, 0) is 19.6 Å². The average molecular weight is 682 g/mol. The predicted molar refractivity (Wildman–Crippen MR) is 158 cm³/mol. The van der Waals surface area contributed by atoms with Gasteiger partial charge in [0.15, 0.2) is 5.78 Å². The van der Waals surface area contributed by atoms with Crippen molar-refractivity contribution in [1.82, 2.24) is 10.3 Å². The largest absolute Gasteiger partial charge is 0.506 e. The van der Waals surface area contributed by atoms with E-state index in [0.29, 0.717) is 53.5 Å². The van der Waals surface area contributed by atoms with Crippen molar-refractivity contribution in [2.45, 2.75) is 59.0 Å². The quantitative estimate of drug-likeness (QED) is 0.310. The molecule has 0 atom stereocenters. The van der Waals surface area contributed by atoms with Crippen molar-refractivity contribution >= 4 is 59.3 Å². The number of aromatic hydroxyl groups is 1. The number of phenols is 1. The number of aryl methyl sites for hydroxylation is 1. The van der Waals surface area contributed by atoms with E-state index in [1.54, 1.807) is 78.8 Å². The molecule has 0 saturated carbocycles. The number of carbonyl (C=O) groups is 2. The lowest BCUT2D eigenvalue weighted by atomic mass is 9.83. The molecule has 0 spiro atoms. The average Bonchev–Trinajstić information content (AvgIpc) is 2.85. The minimum atomic E-state index is -4.30. The van der Waals surface area contributed by atoms with Crippen molar-refractivity contribution in [2.24, 2.45) is 0 Å². The molecule has 2 aromatic rings. The topological polar surface area (TPSA) is 122 Å². The maximum absolute atomic E-state index is 13.5. The second kappa shape index (κ2) is 11.4. The highest BCUT2D eigenvalue weighted by Crippen LogP contribution is 2.43. The van der Waals surface area contributed by atoms with Gasteiger partial charge in [-0.15, -0.1) is 4.83 Å². The van der Waals surface area contributed by atoms with Gasteiger partial charge in [-0.05, 0) is 132 Å². The van der Waals surface area contributed by atoms with Crippen molar-refractivity contribution in [2.75, 3.05) is 0 Å². The number of halogens is 2. The number of carbonyl (C=O) groups excluding carboxylic acids is 2. The van der Waals surface area contributed by atoms with E-state index in [2.05, 4.69) is 42.1 Å². The summed E-state index contributed by atoms with van der Waals surface area (Å²) in [6.45, 7) is 12.0. The van der Waals surface area contributed by atoms with Crippen molar-refractivity contribution in [3.8, 4) is 5.75 Å². The summed E-state index contributed by atoms with van der Waals surface area (Å²) >= 11 is 6.82. The Morgan fingerprint density at radius 1 is 1.00 bits per heavy atom. The maximum atomic E-state index is 13.5. The third kappa shape index (κ3) is 6.54. The molecule has 0 aromatic heterocycles. The van der Waals surface area contributed by atoms with Gasteiger partial charge in [0, 0.05) is 11.1 Å². The molecule has 1 aliphatic carbocycles. The lowest BCUT2D eigenvalue weighted by Crippen LogP contribution is -2.44. The molecule has 1 amide bonds. The zero-order valence-electron chi connectivity index (χ0n) is 22.6. The first-order chi connectivity index (χ1) is 18.0. The van der Waals surface area contributed by atoms with Gasteiger partial charge in [-0.25, -0.2) is 18.6 Å². The highest BCUT2D eigenvalue weighted by atomic mass is 79.9. The fraction of sp³-hybridized carbons (Fsp3) is 0.286. The summed E-state index contributed by atoms with van der Waals surface area (Å²) in [6, 6.07) is 8.12. The van der Waals surface area contributed by atoms with Gasteiger partial charge >= 0.3 is 6.09 Å². The molecule has 3 N–H and O–H groups in total. The van der Waals surface area contributed by atoms with Gasteiger partial charge in [0.25, 0.3) is 10.0 Å². The summed E-state index contributed by atoms with van der Waals surface area (Å²) in [7, 11) is -4.30. The zero-order chi connectivity index (χ0) is 29.4. The molecular formula is C28H30Br2N2O6S. The van der Waals surface area contributed by atoms with Crippen LogP contribution >= 0.6 is 31.9 Å². The molecule has 208 valence electrons.